The monoisotopic (exact) mass is 469 g/mol. The van der Waals surface area contributed by atoms with Gasteiger partial charge in [-0.2, -0.15) is 0 Å². The number of amides is 1. The van der Waals surface area contributed by atoms with Crippen molar-refractivity contribution < 1.29 is 24.2 Å². The van der Waals surface area contributed by atoms with E-state index >= 15 is 0 Å². The molecule has 4 heterocycles. The Balaban J connectivity index is 1.38. The molecule has 0 saturated heterocycles. The third-order valence-electron chi connectivity index (χ3n) is 6.34. The predicted octanol–water partition coefficient (Wildman–Crippen LogP) is 2.92. The number of para-hydroxylation sites is 2. The zero-order chi connectivity index (χ0) is 24.2. The summed E-state index contributed by atoms with van der Waals surface area (Å²) in [6.07, 6.45) is -0.860. The minimum Gasteiger partial charge on any atom is -0.458 e. The molecule has 0 aliphatic carbocycles. The number of aliphatic hydroxyl groups is 1. The van der Waals surface area contributed by atoms with Gasteiger partial charge in [-0.25, -0.2) is 14.6 Å². The summed E-state index contributed by atoms with van der Waals surface area (Å²) in [7, 11) is 0. The number of esters is 1. The molecule has 9 heteroatoms. The van der Waals surface area contributed by atoms with E-state index in [9.17, 15) is 19.5 Å². The van der Waals surface area contributed by atoms with Crippen LogP contribution in [0.25, 0.3) is 22.3 Å². The Labute approximate surface area is 198 Å². The van der Waals surface area contributed by atoms with Gasteiger partial charge in [-0.15, -0.1) is 0 Å². The van der Waals surface area contributed by atoms with Gasteiger partial charge in [-0.05, 0) is 30.3 Å². The Morgan fingerprint density at radius 3 is 2.71 bits per heavy atom. The van der Waals surface area contributed by atoms with Gasteiger partial charge < -0.3 is 19.1 Å². The Hall–Kier alpha value is -4.50. The molecule has 0 spiro atoms. The van der Waals surface area contributed by atoms with E-state index in [0.717, 1.165) is 16.5 Å². The van der Waals surface area contributed by atoms with Gasteiger partial charge in [-0.1, -0.05) is 36.4 Å². The number of carbonyl (C=O) groups is 2. The summed E-state index contributed by atoms with van der Waals surface area (Å²) < 4.78 is 11.9. The van der Waals surface area contributed by atoms with Crippen molar-refractivity contribution in [2.45, 2.75) is 18.8 Å². The number of hydrogen-bond acceptors (Lipinski definition) is 7. The normalized spacial score (nSPS) is 17.8. The van der Waals surface area contributed by atoms with Crippen molar-refractivity contribution in [3.8, 4) is 11.4 Å². The molecule has 0 fully saturated rings. The van der Waals surface area contributed by atoms with E-state index in [2.05, 4.69) is 5.32 Å². The van der Waals surface area contributed by atoms with Gasteiger partial charge in [0.1, 0.15) is 13.2 Å². The highest BCUT2D eigenvalue weighted by molar-refractivity contribution is 5.88. The number of cyclic esters (lactones) is 1. The van der Waals surface area contributed by atoms with Crippen molar-refractivity contribution in [2.75, 3.05) is 11.9 Å². The van der Waals surface area contributed by atoms with E-state index in [1.54, 1.807) is 41.0 Å². The first kappa shape index (κ1) is 21.1. The highest BCUT2D eigenvalue weighted by Gasteiger charge is 2.48. The van der Waals surface area contributed by atoms with E-state index in [4.69, 9.17) is 14.5 Å². The number of aromatic nitrogens is 2. The SMILES string of the molecule is O=C(Nc1ccccc1)OCC1(O)C(=O)OCc2c1cc1n(c2=O)Cc2cc3ccccc3nc2-1. The van der Waals surface area contributed by atoms with Gasteiger partial charge in [0.25, 0.3) is 5.56 Å². The first-order chi connectivity index (χ1) is 16.9. The lowest BCUT2D eigenvalue weighted by molar-refractivity contribution is -0.176. The molecule has 0 bridgehead atoms. The molecule has 2 aliphatic heterocycles. The minimum absolute atomic E-state index is 0.0559. The number of fused-ring (bicyclic) bond motifs is 5. The number of nitrogens with zero attached hydrogens (tertiary/aromatic N) is 2. The molecule has 2 N–H and O–H groups in total. The summed E-state index contributed by atoms with van der Waals surface area (Å²) in [4.78, 5) is 43.0. The number of ether oxygens (including phenoxy) is 2. The Morgan fingerprint density at radius 2 is 1.89 bits per heavy atom. The molecule has 0 radical (unpaired) electrons. The second kappa shape index (κ2) is 7.78. The van der Waals surface area contributed by atoms with Crippen molar-refractivity contribution in [2.24, 2.45) is 0 Å². The summed E-state index contributed by atoms with van der Waals surface area (Å²) in [6, 6.07) is 19.8. The lowest BCUT2D eigenvalue weighted by Crippen LogP contribution is -2.48. The number of rotatable bonds is 3. The van der Waals surface area contributed by atoms with Gasteiger partial charge in [0.15, 0.2) is 0 Å². The van der Waals surface area contributed by atoms with Crippen molar-refractivity contribution in [3.05, 3.63) is 93.8 Å². The van der Waals surface area contributed by atoms with E-state index in [-0.39, 0.29) is 23.3 Å². The van der Waals surface area contributed by atoms with E-state index < -0.39 is 24.3 Å². The number of carbonyl (C=O) groups excluding carboxylic acids is 2. The molecule has 2 aromatic heterocycles. The maximum absolute atomic E-state index is 13.4. The van der Waals surface area contributed by atoms with Crippen LogP contribution < -0.4 is 10.9 Å². The van der Waals surface area contributed by atoms with Crippen molar-refractivity contribution in [1.29, 1.82) is 0 Å². The molecule has 2 aliphatic rings. The van der Waals surface area contributed by atoms with Crippen LogP contribution in [0.1, 0.15) is 16.7 Å². The van der Waals surface area contributed by atoms with Crippen LogP contribution in [0.3, 0.4) is 0 Å². The van der Waals surface area contributed by atoms with Gasteiger partial charge in [0, 0.05) is 22.2 Å². The van der Waals surface area contributed by atoms with Gasteiger partial charge >= 0.3 is 12.1 Å². The van der Waals surface area contributed by atoms with E-state index in [1.807, 2.05) is 30.3 Å². The van der Waals surface area contributed by atoms with Gasteiger partial charge in [-0.3, -0.25) is 10.1 Å². The predicted molar refractivity (Wildman–Crippen MR) is 126 cm³/mol. The van der Waals surface area contributed by atoms with Crippen LogP contribution in [0, 0.1) is 0 Å². The smallest absolute Gasteiger partial charge is 0.411 e. The number of hydrogen-bond donors (Lipinski definition) is 2. The van der Waals surface area contributed by atoms with Crippen LogP contribution >= 0.6 is 0 Å². The molecule has 1 atom stereocenters. The van der Waals surface area contributed by atoms with Crippen LogP contribution in [0.4, 0.5) is 10.5 Å². The molecule has 9 nitrogen and oxygen atoms in total. The third-order valence-corrected chi connectivity index (χ3v) is 6.34. The lowest BCUT2D eigenvalue weighted by atomic mass is 9.88. The second-order valence-corrected chi connectivity index (χ2v) is 8.51. The van der Waals surface area contributed by atoms with Crippen molar-refractivity contribution in [1.82, 2.24) is 9.55 Å². The van der Waals surface area contributed by atoms with Crippen LogP contribution in [0.2, 0.25) is 0 Å². The molecule has 1 unspecified atom stereocenters. The summed E-state index contributed by atoms with van der Waals surface area (Å²) in [5.74, 6) is -0.994. The minimum atomic E-state index is -2.34. The Bertz CT molecular complexity index is 1580. The lowest BCUT2D eigenvalue weighted by Gasteiger charge is -2.32. The Morgan fingerprint density at radius 1 is 1.11 bits per heavy atom. The highest BCUT2D eigenvalue weighted by atomic mass is 16.6. The van der Waals surface area contributed by atoms with Crippen LogP contribution in [0.5, 0.6) is 0 Å². The van der Waals surface area contributed by atoms with Gasteiger partial charge in [0.2, 0.25) is 5.60 Å². The summed E-state index contributed by atoms with van der Waals surface area (Å²) in [6.45, 7) is -0.688. The van der Waals surface area contributed by atoms with E-state index in [0.29, 0.717) is 23.6 Å². The second-order valence-electron chi connectivity index (χ2n) is 8.51. The molecule has 0 saturated carbocycles. The standard InChI is InChI=1S/C26H19N3O6/c30-23-18-13-34-24(31)26(33,14-35-25(32)27-17-7-2-1-3-8-17)19(18)11-21-22-16(12-29(21)23)10-15-6-4-5-9-20(15)28-22/h1-11,33H,12-14H2,(H,27,32). The number of pyridine rings is 2. The Kier molecular flexibility index (Phi) is 4.68. The molecule has 174 valence electrons. The largest absolute Gasteiger partial charge is 0.458 e. The van der Waals surface area contributed by atoms with Crippen LogP contribution in [0.15, 0.2) is 71.5 Å². The number of anilines is 1. The first-order valence-corrected chi connectivity index (χ1v) is 11.0. The summed E-state index contributed by atoms with van der Waals surface area (Å²) in [5, 5.41) is 14.8. The first-order valence-electron chi connectivity index (χ1n) is 11.0. The highest BCUT2D eigenvalue weighted by Crippen LogP contribution is 2.37. The fourth-order valence-corrected chi connectivity index (χ4v) is 4.57. The quantitative estimate of drug-likeness (QED) is 0.390. The van der Waals surface area contributed by atoms with Gasteiger partial charge in [0.05, 0.1) is 29.0 Å². The molecule has 4 aromatic rings. The topological polar surface area (TPSA) is 120 Å². The maximum atomic E-state index is 13.4. The van der Waals surface area contributed by atoms with Crippen LogP contribution in [-0.2, 0) is 33.0 Å². The molecule has 1 amide bonds. The third kappa shape index (κ3) is 3.36. The van der Waals surface area contributed by atoms with Crippen LogP contribution in [-0.4, -0.2) is 33.3 Å². The molecule has 2 aromatic carbocycles. The van der Waals surface area contributed by atoms with Crippen molar-refractivity contribution in [3.63, 3.8) is 0 Å². The van der Waals surface area contributed by atoms with E-state index in [1.165, 1.54) is 0 Å². The summed E-state index contributed by atoms with van der Waals surface area (Å²) >= 11 is 0. The number of nitrogens with one attached hydrogen (secondary N) is 1. The fraction of sp³-hybridized carbons (Fsp3) is 0.154. The average Bonchev–Trinajstić information content (AvgIpc) is 3.22. The summed E-state index contributed by atoms with van der Waals surface area (Å²) in [5.41, 5.74) is 0.666. The maximum Gasteiger partial charge on any atom is 0.411 e. The molecular weight excluding hydrogens is 450 g/mol. The van der Waals surface area contributed by atoms with Crippen molar-refractivity contribution >= 4 is 28.7 Å². The zero-order valence-corrected chi connectivity index (χ0v) is 18.4. The fourth-order valence-electron chi connectivity index (χ4n) is 4.57. The molecule has 6 rings (SSSR count). The zero-order valence-electron chi connectivity index (χ0n) is 18.4. The average molecular weight is 469 g/mol. The molecule has 35 heavy (non-hydrogen) atoms. The number of benzene rings is 2. The molecular formula is C26H19N3O6.